The molecule has 4 fully saturated rings. The molecule has 124 heavy (non-hydrogen) atoms. The Labute approximate surface area is 720 Å². The Morgan fingerprint density at radius 2 is 0.597 bits per heavy atom. The smallest absolute Gasteiger partial charge is 0.276 e. The fourth-order valence-electron chi connectivity index (χ4n) is 15.7. The van der Waals surface area contributed by atoms with E-state index in [0.29, 0.717) is 126 Å². The van der Waals surface area contributed by atoms with Crippen LogP contribution in [0.5, 0.6) is 0 Å². The van der Waals surface area contributed by atoms with Crippen molar-refractivity contribution in [2.75, 3.05) is 72.0 Å². The number of sulfonamides is 4. The minimum atomic E-state index is -3.60. The van der Waals surface area contributed by atoms with Crippen molar-refractivity contribution in [2.24, 2.45) is 0 Å². The molecular formula is C91H97N13O16S4. The number of nitrogens with one attached hydrogen (secondary N) is 8. The second kappa shape index (κ2) is 40.5. The summed E-state index contributed by atoms with van der Waals surface area (Å²) in [5.41, 5.74) is 14.7. The van der Waals surface area contributed by atoms with Gasteiger partial charge in [-0.3, -0.25) is 40.0 Å². The van der Waals surface area contributed by atoms with E-state index in [1.165, 1.54) is 6.20 Å². The third-order valence-electron chi connectivity index (χ3n) is 22.5. The second-order valence-electron chi connectivity index (χ2n) is 30.7. The number of carbonyl (C=O) groups is 4. The van der Waals surface area contributed by atoms with Gasteiger partial charge in [-0.2, -0.15) is 0 Å². The summed E-state index contributed by atoms with van der Waals surface area (Å²) in [6.07, 6.45) is 6.79. The summed E-state index contributed by atoms with van der Waals surface area (Å²) in [5.74, 6) is -1.55. The van der Waals surface area contributed by atoms with Gasteiger partial charge in [-0.15, -0.1) is 0 Å². The van der Waals surface area contributed by atoms with Crippen molar-refractivity contribution in [2.45, 2.75) is 109 Å². The number of hydrogen-bond acceptors (Lipinski definition) is 21. The molecule has 4 amide bonds. The number of hydroxylamine groups is 4. The molecule has 12 N–H and O–H groups in total. The summed E-state index contributed by atoms with van der Waals surface area (Å²) < 4.78 is 114. The number of piperidine rings is 4. The highest BCUT2D eigenvalue weighted by Crippen LogP contribution is 2.32. The van der Waals surface area contributed by atoms with Crippen LogP contribution in [0.2, 0.25) is 0 Å². The lowest BCUT2D eigenvalue weighted by Gasteiger charge is -2.34. The zero-order valence-corrected chi connectivity index (χ0v) is 71.3. The molecule has 0 unspecified atom stereocenters. The van der Waals surface area contributed by atoms with Crippen molar-refractivity contribution >= 4 is 119 Å². The van der Waals surface area contributed by atoms with Gasteiger partial charge in [0.1, 0.15) is 5.82 Å². The van der Waals surface area contributed by atoms with E-state index in [2.05, 4.69) is 38.6 Å². The minimum Gasteiger partial charge on any atom is -0.371 e. The lowest BCUT2D eigenvalue weighted by molar-refractivity contribution is 0.0701. The molecule has 0 atom stereocenters. The van der Waals surface area contributed by atoms with Gasteiger partial charge >= 0.3 is 0 Å². The number of aromatic nitrogens is 1. The largest absolute Gasteiger partial charge is 0.371 e. The lowest BCUT2D eigenvalue weighted by atomic mass is 10.0. The summed E-state index contributed by atoms with van der Waals surface area (Å²) in [6, 6.07) is 75.5. The first-order valence-corrected chi connectivity index (χ1v) is 46.4. The van der Waals surface area contributed by atoms with Gasteiger partial charge in [-0.05, 0) is 241 Å². The van der Waals surface area contributed by atoms with E-state index in [0.717, 1.165) is 71.6 Å². The number of nitrogens with zero attached hydrogens (tertiary/aromatic N) is 5. The van der Waals surface area contributed by atoms with Gasteiger partial charge < -0.3 is 19.6 Å². The number of aryl methyl sites for hydroxylation is 2. The van der Waals surface area contributed by atoms with Gasteiger partial charge in [0.05, 0.1) is 25.1 Å². The van der Waals surface area contributed by atoms with E-state index in [-0.39, 0.29) is 49.3 Å². The van der Waals surface area contributed by atoms with E-state index >= 15 is 0 Å². The molecule has 4 aliphatic heterocycles. The molecule has 11 aromatic carbocycles. The third kappa shape index (κ3) is 22.7. The second-order valence-corrected chi connectivity index (χ2v) is 37.5. The van der Waals surface area contributed by atoms with E-state index in [9.17, 15) is 52.8 Å². The number of fused-ring (bicyclic) bond motifs is 3. The lowest BCUT2D eigenvalue weighted by Crippen LogP contribution is -2.44. The molecule has 16 rings (SSSR count). The first-order chi connectivity index (χ1) is 59.7. The number of benzene rings is 11. The van der Waals surface area contributed by atoms with Gasteiger partial charge in [0.25, 0.3) is 23.6 Å². The SMILES string of the molecule is Cc1cc(C(=O)NO)ccc1N1CCC(NS(=O)(=O)c2ccc(-c3ccccc3)cc2)CC1.Cc1cc(C(=O)NO)ccc1N1CCC(NS(=O)(=O)c2ccc3ccccc3c2)CC1.O=C(NO)c1ccc(N2CCC(NS(=O)(=O)c3ccc4ccccc4c3)CC2)cc1.O=C(NO)c1ccc(N2CCC(NS(=O)(=O)c3ccc4ccccc4c3)CC2)nc1. The Morgan fingerprint density at radius 1 is 0.298 bits per heavy atom. The van der Waals surface area contributed by atoms with Gasteiger partial charge in [0.2, 0.25) is 40.1 Å². The average Bonchev–Trinajstić information content (AvgIpc) is 0.806. The predicted octanol–water partition coefficient (Wildman–Crippen LogP) is 12.2. The summed E-state index contributed by atoms with van der Waals surface area (Å²) in [4.78, 5) is 59.9. The topological polar surface area (TPSA) is 408 Å². The first kappa shape index (κ1) is 89.7. The summed E-state index contributed by atoms with van der Waals surface area (Å²) >= 11 is 0. The van der Waals surface area contributed by atoms with E-state index in [1.54, 1.807) is 119 Å². The average molecular weight is 1760 g/mol. The molecule has 1 aromatic heterocycles. The molecule has 29 nitrogen and oxygen atoms in total. The number of hydrogen-bond donors (Lipinski definition) is 12. The summed E-state index contributed by atoms with van der Waals surface area (Å²) in [6.45, 7) is 9.34. The number of carbonyl (C=O) groups excluding carboxylic acids is 4. The zero-order chi connectivity index (χ0) is 87.7. The molecule has 0 bridgehead atoms. The molecule has 646 valence electrons. The van der Waals surface area contributed by atoms with Gasteiger partial charge in [0.15, 0.2) is 0 Å². The van der Waals surface area contributed by atoms with Gasteiger partial charge in [-0.25, -0.2) is 79.5 Å². The normalized spacial score (nSPS) is 15.1. The Balaban J connectivity index is 0.000000142. The van der Waals surface area contributed by atoms with Crippen molar-refractivity contribution < 1.29 is 73.7 Å². The summed E-state index contributed by atoms with van der Waals surface area (Å²) in [7, 11) is -14.4. The molecule has 4 aliphatic rings. The van der Waals surface area contributed by atoms with Crippen LogP contribution in [-0.2, 0) is 40.1 Å². The Hall–Kier alpha value is -12.1. The monoisotopic (exact) mass is 1760 g/mol. The number of pyridine rings is 1. The van der Waals surface area contributed by atoms with Crippen LogP contribution in [0.4, 0.5) is 22.9 Å². The maximum Gasteiger partial charge on any atom is 0.276 e. The molecule has 0 radical (unpaired) electrons. The predicted molar refractivity (Wildman–Crippen MR) is 476 cm³/mol. The van der Waals surface area contributed by atoms with Crippen LogP contribution in [0, 0.1) is 13.8 Å². The molecule has 4 saturated heterocycles. The molecule has 0 aliphatic carbocycles. The van der Waals surface area contributed by atoms with Crippen molar-refractivity contribution in [3.8, 4) is 11.1 Å². The number of amides is 4. The van der Waals surface area contributed by atoms with Crippen LogP contribution < -0.4 is 60.4 Å². The molecule has 5 heterocycles. The van der Waals surface area contributed by atoms with Crippen molar-refractivity contribution in [1.29, 1.82) is 0 Å². The fourth-order valence-corrected chi connectivity index (χ4v) is 21.0. The fraction of sp³-hybridized carbons (Fsp3) is 0.242. The molecule has 0 saturated carbocycles. The van der Waals surface area contributed by atoms with Crippen molar-refractivity contribution in [3.05, 3.63) is 294 Å². The minimum absolute atomic E-state index is 0.128. The quantitative estimate of drug-likeness (QED) is 0.0235. The Kier molecular flexibility index (Phi) is 29.3. The highest BCUT2D eigenvalue weighted by atomic mass is 32.2. The van der Waals surface area contributed by atoms with E-state index < -0.39 is 63.7 Å². The Morgan fingerprint density at radius 3 is 0.952 bits per heavy atom. The van der Waals surface area contributed by atoms with E-state index in [1.807, 2.05) is 176 Å². The van der Waals surface area contributed by atoms with Gasteiger partial charge in [0, 0.05) is 116 Å². The standard InChI is InChI=1S/C25H27N3O4S.C23H25N3O4S.C22H23N3O4S.C21H22N4O4S/c1-18-17-21(25(29)26-30)9-12-24(18)28-15-13-22(14-16-28)27-33(31,32)23-10-7-20(8-11-23)19-5-3-2-4-6-19;1-16-14-19(23(27)24-28)7-9-22(16)26-12-10-20(11-13-26)25-31(29,30)21-8-6-17-4-2-3-5-18(17)15-21;26-22(23-27)17-5-8-20(9-6-17)25-13-11-19(12-14-25)24-30(28,29)21-10-7-16-3-1-2-4-18(16)15-21;26-21(23-27)17-6-8-20(22-14-17)25-11-9-18(10-12-25)24-30(28,29)19-7-5-15-3-1-2-4-16(15)13-19/h2-12,17,22,27,30H,13-16H2,1H3,(H,26,29);2-9,14-15,20,25,28H,10-13H2,1H3,(H,24,27);1-10,15,19,24,27H,11-14H2,(H,23,26);1-8,13-14,18,24,27H,9-12H2,(H,23,26). The van der Waals surface area contributed by atoms with Crippen LogP contribution in [-0.4, -0.2) is 160 Å². The van der Waals surface area contributed by atoms with Crippen LogP contribution >= 0.6 is 0 Å². The molecular weight excluding hydrogens is 1660 g/mol. The van der Waals surface area contributed by atoms with E-state index in [4.69, 9.17) is 20.8 Å². The van der Waals surface area contributed by atoms with Crippen LogP contribution in [0.15, 0.2) is 281 Å². The zero-order valence-electron chi connectivity index (χ0n) is 68.0. The highest BCUT2D eigenvalue weighted by molar-refractivity contribution is 7.90. The molecule has 12 aromatic rings. The van der Waals surface area contributed by atoms with Crippen LogP contribution in [0.1, 0.15) is 104 Å². The molecule has 33 heteroatoms. The molecule has 0 spiro atoms. The number of rotatable bonds is 21. The van der Waals surface area contributed by atoms with Crippen LogP contribution in [0.3, 0.4) is 0 Å². The Bertz CT molecular complexity index is 6090. The summed E-state index contributed by atoms with van der Waals surface area (Å²) in [5, 5.41) is 40.7. The van der Waals surface area contributed by atoms with Crippen molar-refractivity contribution in [3.63, 3.8) is 0 Å². The first-order valence-electron chi connectivity index (χ1n) is 40.4. The highest BCUT2D eigenvalue weighted by Gasteiger charge is 2.31. The maximum absolute atomic E-state index is 12.9. The van der Waals surface area contributed by atoms with Crippen molar-refractivity contribution in [1.82, 2.24) is 45.8 Å². The third-order valence-corrected chi connectivity index (χ3v) is 28.6. The van der Waals surface area contributed by atoms with Gasteiger partial charge in [-0.1, -0.05) is 133 Å². The number of anilines is 4. The van der Waals surface area contributed by atoms with Crippen LogP contribution in [0.25, 0.3) is 43.4 Å². The maximum atomic E-state index is 12.9.